The molecule has 2 aromatic heterocycles. The van der Waals surface area contributed by atoms with E-state index in [4.69, 9.17) is 9.72 Å². The SMILES string of the molecule is C=C1/C=C/[C@H](C)Oc2nc3c(cccc3nc2C)-c2cc3c([nH]2)[C@@H]1CNC3=O. The number of fused-ring (bicyclic) bond motifs is 3. The lowest BCUT2D eigenvalue weighted by Gasteiger charge is -2.23. The average molecular weight is 372 g/mol. The van der Waals surface area contributed by atoms with Crippen molar-refractivity contribution in [2.24, 2.45) is 0 Å². The first-order valence-corrected chi connectivity index (χ1v) is 9.34. The Morgan fingerprint density at radius 1 is 1.25 bits per heavy atom. The van der Waals surface area contributed by atoms with Gasteiger partial charge in [-0.2, -0.15) is 0 Å². The van der Waals surface area contributed by atoms with E-state index in [1.54, 1.807) is 0 Å². The summed E-state index contributed by atoms with van der Waals surface area (Å²) in [6.45, 7) is 8.59. The quantitative estimate of drug-likeness (QED) is 0.631. The summed E-state index contributed by atoms with van der Waals surface area (Å²) in [5, 5.41) is 2.97. The van der Waals surface area contributed by atoms with Gasteiger partial charge in [0.2, 0.25) is 5.88 Å². The van der Waals surface area contributed by atoms with Gasteiger partial charge in [0, 0.05) is 29.4 Å². The third kappa shape index (κ3) is 2.52. The molecule has 6 nitrogen and oxygen atoms in total. The highest BCUT2D eigenvalue weighted by Gasteiger charge is 2.30. The molecule has 2 N–H and O–H groups in total. The monoisotopic (exact) mass is 372 g/mol. The number of hydrogen-bond donors (Lipinski definition) is 2. The third-order valence-corrected chi connectivity index (χ3v) is 5.35. The standard InChI is InChI=1S/C22H20N4O2/c1-11-7-8-12(2)28-22-13(3)24-17-6-4-5-14(20(17)26-22)18-9-15-19(25-18)16(11)10-23-21(15)27/h4-9,12,16,25H,1,10H2,2-3H3,(H,23,27)/b8-7+/t12-,16+/m0/s1. The molecule has 28 heavy (non-hydrogen) atoms. The molecule has 4 heterocycles. The van der Waals surface area contributed by atoms with Gasteiger partial charge in [0.05, 0.1) is 11.1 Å². The van der Waals surface area contributed by atoms with Crippen LogP contribution in [0.1, 0.15) is 34.6 Å². The maximum absolute atomic E-state index is 12.5. The highest BCUT2D eigenvalue weighted by molar-refractivity contribution is 6.00. The van der Waals surface area contributed by atoms with Gasteiger partial charge in [-0.15, -0.1) is 0 Å². The van der Waals surface area contributed by atoms with Gasteiger partial charge in [0.15, 0.2) is 0 Å². The predicted molar refractivity (Wildman–Crippen MR) is 108 cm³/mol. The lowest BCUT2D eigenvalue weighted by molar-refractivity contribution is 0.0942. The van der Waals surface area contributed by atoms with Gasteiger partial charge in [0.1, 0.15) is 17.3 Å². The van der Waals surface area contributed by atoms with Crippen molar-refractivity contribution in [1.29, 1.82) is 0 Å². The van der Waals surface area contributed by atoms with Crippen LogP contribution >= 0.6 is 0 Å². The Labute approximate surface area is 162 Å². The van der Waals surface area contributed by atoms with Crippen LogP contribution in [-0.2, 0) is 0 Å². The number of H-pyrrole nitrogens is 1. The van der Waals surface area contributed by atoms with Crippen LogP contribution in [-0.4, -0.2) is 33.5 Å². The minimum atomic E-state index is -0.189. The molecule has 0 aliphatic carbocycles. The molecule has 140 valence electrons. The molecule has 6 heteroatoms. The minimum Gasteiger partial charge on any atom is -0.469 e. The predicted octanol–water partition coefficient (Wildman–Crippen LogP) is 3.65. The van der Waals surface area contributed by atoms with Crippen molar-refractivity contribution in [3.8, 4) is 17.1 Å². The number of allylic oxidation sites excluding steroid dienone is 1. The van der Waals surface area contributed by atoms with Crippen LogP contribution in [0.15, 0.2) is 48.6 Å². The van der Waals surface area contributed by atoms with E-state index in [0.717, 1.165) is 39.3 Å². The number of nitrogens with zero attached hydrogens (tertiary/aromatic N) is 2. The summed E-state index contributed by atoms with van der Waals surface area (Å²) in [6, 6.07) is 7.75. The Hall–Kier alpha value is -3.41. The minimum absolute atomic E-state index is 0.0132. The van der Waals surface area contributed by atoms with E-state index in [0.29, 0.717) is 18.0 Å². The number of amides is 1. The molecule has 0 unspecified atom stereocenters. The van der Waals surface area contributed by atoms with E-state index < -0.39 is 0 Å². The summed E-state index contributed by atoms with van der Waals surface area (Å²) in [6.07, 6.45) is 3.73. The summed E-state index contributed by atoms with van der Waals surface area (Å²) in [7, 11) is 0. The lowest BCUT2D eigenvalue weighted by Crippen LogP contribution is -2.35. The van der Waals surface area contributed by atoms with Crippen molar-refractivity contribution in [1.82, 2.24) is 20.3 Å². The van der Waals surface area contributed by atoms with E-state index in [1.165, 1.54) is 0 Å². The Balaban J connectivity index is 1.82. The van der Waals surface area contributed by atoms with Crippen LogP contribution < -0.4 is 10.1 Å². The first kappa shape index (κ1) is 16.7. The number of benzene rings is 1. The van der Waals surface area contributed by atoms with E-state index >= 15 is 0 Å². The van der Waals surface area contributed by atoms with Gasteiger partial charge in [0.25, 0.3) is 5.91 Å². The number of rotatable bonds is 0. The molecular weight excluding hydrogens is 352 g/mol. The molecule has 0 fully saturated rings. The number of aryl methyl sites for hydroxylation is 1. The number of carbonyl (C=O) groups excluding carboxylic acids is 1. The van der Waals surface area contributed by atoms with E-state index in [2.05, 4.69) is 21.9 Å². The number of nitrogens with one attached hydrogen (secondary N) is 2. The number of para-hydroxylation sites is 1. The number of ether oxygens (including phenoxy) is 1. The maximum atomic E-state index is 12.5. The second-order valence-corrected chi connectivity index (χ2v) is 7.32. The van der Waals surface area contributed by atoms with Crippen molar-refractivity contribution < 1.29 is 9.53 Å². The Bertz CT molecular complexity index is 1170. The first-order valence-electron chi connectivity index (χ1n) is 9.34. The van der Waals surface area contributed by atoms with Gasteiger partial charge in [-0.3, -0.25) is 4.79 Å². The van der Waals surface area contributed by atoms with Crippen LogP contribution in [0.3, 0.4) is 0 Å². The largest absolute Gasteiger partial charge is 0.469 e. The number of hydrogen-bond acceptors (Lipinski definition) is 4. The number of carbonyl (C=O) groups is 1. The van der Waals surface area contributed by atoms with E-state index in [9.17, 15) is 4.79 Å². The molecule has 2 aliphatic heterocycles. The molecule has 5 rings (SSSR count). The Morgan fingerprint density at radius 3 is 2.96 bits per heavy atom. The second kappa shape index (κ2) is 6.05. The van der Waals surface area contributed by atoms with Crippen molar-refractivity contribution >= 4 is 16.9 Å². The molecule has 0 saturated carbocycles. The molecule has 0 spiro atoms. The normalized spacial score (nSPS) is 22.1. The van der Waals surface area contributed by atoms with Crippen molar-refractivity contribution in [3.05, 3.63) is 65.5 Å². The zero-order valence-electron chi connectivity index (χ0n) is 15.7. The molecule has 2 atom stereocenters. The van der Waals surface area contributed by atoms with Gasteiger partial charge < -0.3 is 15.0 Å². The molecular formula is C22H20N4O2. The Morgan fingerprint density at radius 2 is 2.11 bits per heavy atom. The molecule has 1 aromatic carbocycles. The van der Waals surface area contributed by atoms with Crippen LogP contribution in [0.4, 0.5) is 0 Å². The third-order valence-electron chi connectivity index (χ3n) is 5.35. The zero-order valence-corrected chi connectivity index (χ0v) is 15.7. The van der Waals surface area contributed by atoms with Crippen LogP contribution in [0.25, 0.3) is 22.3 Å². The maximum Gasteiger partial charge on any atom is 0.253 e. The highest BCUT2D eigenvalue weighted by Crippen LogP contribution is 2.36. The zero-order chi connectivity index (χ0) is 19.4. The summed E-state index contributed by atoms with van der Waals surface area (Å²) in [5.41, 5.74) is 6.46. The van der Waals surface area contributed by atoms with Gasteiger partial charge in [-0.05, 0) is 37.6 Å². The Kier molecular flexibility index (Phi) is 3.62. The fourth-order valence-electron chi connectivity index (χ4n) is 3.86. The molecule has 0 radical (unpaired) electrons. The molecule has 2 aliphatic rings. The van der Waals surface area contributed by atoms with Crippen molar-refractivity contribution in [3.63, 3.8) is 0 Å². The number of aromatic amines is 1. The summed E-state index contributed by atoms with van der Waals surface area (Å²) in [5.74, 6) is 0.424. The van der Waals surface area contributed by atoms with Crippen molar-refractivity contribution in [2.75, 3.05) is 6.54 Å². The van der Waals surface area contributed by atoms with E-state index in [-0.39, 0.29) is 17.9 Å². The summed E-state index contributed by atoms with van der Waals surface area (Å²) in [4.78, 5) is 25.4. The fourth-order valence-corrected chi connectivity index (χ4v) is 3.86. The van der Waals surface area contributed by atoms with Crippen molar-refractivity contribution in [2.45, 2.75) is 25.9 Å². The lowest BCUT2D eigenvalue weighted by atomic mass is 9.90. The molecule has 4 bridgehead atoms. The molecule has 3 aromatic rings. The second-order valence-electron chi connectivity index (χ2n) is 7.32. The van der Waals surface area contributed by atoms with Gasteiger partial charge in [-0.25, -0.2) is 9.97 Å². The van der Waals surface area contributed by atoms with E-state index in [1.807, 2.05) is 50.3 Å². The van der Waals surface area contributed by atoms with Crippen LogP contribution in [0.2, 0.25) is 0 Å². The summed E-state index contributed by atoms with van der Waals surface area (Å²) < 4.78 is 6.05. The molecule has 1 amide bonds. The van der Waals surface area contributed by atoms with Crippen LogP contribution in [0, 0.1) is 6.92 Å². The topological polar surface area (TPSA) is 79.9 Å². The fraction of sp³-hybridized carbons (Fsp3) is 0.227. The highest BCUT2D eigenvalue weighted by atomic mass is 16.5. The van der Waals surface area contributed by atoms with Gasteiger partial charge in [-0.1, -0.05) is 24.8 Å². The van der Waals surface area contributed by atoms with Gasteiger partial charge >= 0.3 is 0 Å². The first-order chi connectivity index (χ1) is 13.5. The molecule has 0 saturated heterocycles. The average Bonchev–Trinajstić information content (AvgIpc) is 3.12. The smallest absolute Gasteiger partial charge is 0.253 e. The summed E-state index contributed by atoms with van der Waals surface area (Å²) >= 11 is 0. The van der Waals surface area contributed by atoms with Crippen LogP contribution in [0.5, 0.6) is 5.88 Å². The number of aromatic nitrogens is 3.